The molecule has 15 heavy (non-hydrogen) atoms. The van der Waals surface area contributed by atoms with Gasteiger partial charge in [0.25, 0.3) is 0 Å². The highest BCUT2D eigenvalue weighted by molar-refractivity contribution is 6.29. The largest absolute Gasteiger partial charge is 0.478 e. The summed E-state index contributed by atoms with van der Waals surface area (Å²) in [6, 6.07) is 1.66. The number of ether oxygens (including phenoxy) is 1. The van der Waals surface area contributed by atoms with Gasteiger partial charge in [-0.3, -0.25) is 0 Å². The lowest BCUT2D eigenvalue weighted by molar-refractivity contribution is 0.296. The van der Waals surface area contributed by atoms with E-state index in [1.54, 1.807) is 6.07 Å². The molecule has 0 bridgehead atoms. The molecular formula is C11H17ClN2O. The minimum atomic E-state index is 0.458. The van der Waals surface area contributed by atoms with Gasteiger partial charge in [-0.2, -0.15) is 4.98 Å². The molecule has 0 aliphatic rings. The zero-order valence-electron chi connectivity index (χ0n) is 9.29. The van der Waals surface area contributed by atoms with Gasteiger partial charge in [-0.1, -0.05) is 31.9 Å². The Balaban J connectivity index is 2.62. The molecule has 4 heteroatoms. The second kappa shape index (κ2) is 6.62. The van der Waals surface area contributed by atoms with Crippen LogP contribution in [0, 0.1) is 0 Å². The maximum absolute atomic E-state index is 5.87. The molecule has 1 rings (SSSR count). The Bertz CT molecular complexity index is 305. The normalized spacial score (nSPS) is 10.3. The van der Waals surface area contributed by atoms with Crippen molar-refractivity contribution in [3.63, 3.8) is 0 Å². The summed E-state index contributed by atoms with van der Waals surface area (Å²) in [6.45, 7) is 4.90. The van der Waals surface area contributed by atoms with Crippen LogP contribution in [0.1, 0.15) is 38.9 Å². The third-order valence-electron chi connectivity index (χ3n) is 1.94. The molecule has 84 valence electrons. The van der Waals surface area contributed by atoms with Crippen molar-refractivity contribution in [2.45, 2.75) is 39.5 Å². The predicted octanol–water partition coefficient (Wildman–Crippen LogP) is 3.26. The average Bonchev–Trinajstić information content (AvgIpc) is 2.18. The fourth-order valence-corrected chi connectivity index (χ4v) is 1.36. The highest BCUT2D eigenvalue weighted by Gasteiger charge is 2.03. The Labute approximate surface area is 95.8 Å². The van der Waals surface area contributed by atoms with Crippen molar-refractivity contribution < 1.29 is 4.74 Å². The van der Waals surface area contributed by atoms with Crippen LogP contribution in [-0.2, 0) is 6.42 Å². The molecule has 0 aliphatic carbocycles. The fraction of sp³-hybridized carbons (Fsp3) is 0.636. The predicted molar refractivity (Wildman–Crippen MR) is 61.4 cm³/mol. The molecule has 1 heterocycles. The number of rotatable bonds is 6. The van der Waals surface area contributed by atoms with Crippen LogP contribution in [0.2, 0.25) is 5.15 Å². The molecule has 0 radical (unpaired) electrons. The molecule has 0 amide bonds. The lowest BCUT2D eigenvalue weighted by Gasteiger charge is -2.06. The molecule has 0 atom stereocenters. The summed E-state index contributed by atoms with van der Waals surface area (Å²) in [7, 11) is 0. The number of aromatic nitrogens is 2. The van der Waals surface area contributed by atoms with Crippen LogP contribution in [0.4, 0.5) is 0 Å². The summed E-state index contributed by atoms with van der Waals surface area (Å²) in [5.74, 6) is 1.35. The van der Waals surface area contributed by atoms with Gasteiger partial charge in [-0.05, 0) is 12.8 Å². The van der Waals surface area contributed by atoms with E-state index in [-0.39, 0.29) is 0 Å². The number of hydrogen-bond donors (Lipinski definition) is 0. The van der Waals surface area contributed by atoms with Gasteiger partial charge in [0.2, 0.25) is 5.88 Å². The van der Waals surface area contributed by atoms with Crippen LogP contribution in [0.5, 0.6) is 5.88 Å². The Hall–Kier alpha value is -0.830. The molecule has 0 fully saturated rings. The second-order valence-electron chi connectivity index (χ2n) is 3.40. The van der Waals surface area contributed by atoms with Gasteiger partial charge in [0.1, 0.15) is 11.0 Å². The van der Waals surface area contributed by atoms with E-state index in [0.717, 1.165) is 31.5 Å². The molecular weight excluding hydrogens is 212 g/mol. The third kappa shape index (κ3) is 4.47. The smallest absolute Gasteiger partial charge is 0.218 e. The number of halogens is 1. The maximum Gasteiger partial charge on any atom is 0.218 e. The topological polar surface area (TPSA) is 35.0 Å². The monoisotopic (exact) mass is 228 g/mol. The van der Waals surface area contributed by atoms with Gasteiger partial charge >= 0.3 is 0 Å². The first kappa shape index (κ1) is 12.2. The SMILES string of the molecule is CCCCOc1cc(Cl)nc(CCC)n1. The van der Waals surface area contributed by atoms with E-state index in [2.05, 4.69) is 23.8 Å². The first-order valence-electron chi connectivity index (χ1n) is 5.42. The van der Waals surface area contributed by atoms with Crippen molar-refractivity contribution in [1.29, 1.82) is 0 Å². The Morgan fingerprint density at radius 3 is 2.73 bits per heavy atom. The van der Waals surface area contributed by atoms with Gasteiger partial charge in [-0.25, -0.2) is 4.98 Å². The van der Waals surface area contributed by atoms with Crippen molar-refractivity contribution in [3.8, 4) is 5.88 Å². The molecule has 3 nitrogen and oxygen atoms in total. The average molecular weight is 229 g/mol. The van der Waals surface area contributed by atoms with Gasteiger partial charge < -0.3 is 4.74 Å². The van der Waals surface area contributed by atoms with E-state index in [4.69, 9.17) is 16.3 Å². The molecule has 1 aromatic rings. The van der Waals surface area contributed by atoms with Crippen LogP contribution in [0.3, 0.4) is 0 Å². The first-order valence-corrected chi connectivity index (χ1v) is 5.80. The molecule has 1 aromatic heterocycles. The van der Waals surface area contributed by atoms with Crippen molar-refractivity contribution >= 4 is 11.6 Å². The minimum Gasteiger partial charge on any atom is -0.478 e. The third-order valence-corrected chi connectivity index (χ3v) is 2.13. The summed E-state index contributed by atoms with van der Waals surface area (Å²) in [6.07, 6.45) is 3.99. The number of aryl methyl sites for hydroxylation is 1. The molecule has 0 unspecified atom stereocenters. The van der Waals surface area contributed by atoms with E-state index >= 15 is 0 Å². The first-order chi connectivity index (χ1) is 7.26. The Morgan fingerprint density at radius 1 is 1.27 bits per heavy atom. The quantitative estimate of drug-likeness (QED) is 0.554. The minimum absolute atomic E-state index is 0.458. The van der Waals surface area contributed by atoms with E-state index in [9.17, 15) is 0 Å². The fourth-order valence-electron chi connectivity index (χ4n) is 1.17. The second-order valence-corrected chi connectivity index (χ2v) is 3.78. The number of nitrogens with zero attached hydrogens (tertiary/aromatic N) is 2. The van der Waals surface area contributed by atoms with Gasteiger partial charge in [-0.15, -0.1) is 0 Å². The number of unbranched alkanes of at least 4 members (excludes halogenated alkanes) is 1. The van der Waals surface area contributed by atoms with Crippen molar-refractivity contribution in [3.05, 3.63) is 17.0 Å². The summed E-state index contributed by atoms with van der Waals surface area (Å²) < 4.78 is 5.48. The standard InChI is InChI=1S/C11H17ClN2O/c1-3-5-7-15-11-8-9(12)13-10(14-11)6-4-2/h8H,3-7H2,1-2H3. The maximum atomic E-state index is 5.87. The zero-order valence-corrected chi connectivity index (χ0v) is 10.0. The molecule has 0 N–H and O–H groups in total. The van der Waals surface area contributed by atoms with Crippen molar-refractivity contribution in [2.24, 2.45) is 0 Å². The molecule has 0 aliphatic heterocycles. The van der Waals surface area contributed by atoms with E-state index in [1.165, 1.54) is 0 Å². The lowest BCUT2D eigenvalue weighted by atomic mass is 10.3. The summed E-state index contributed by atoms with van der Waals surface area (Å²) in [5, 5.41) is 0.458. The van der Waals surface area contributed by atoms with Crippen LogP contribution in [0.25, 0.3) is 0 Å². The Kier molecular flexibility index (Phi) is 5.40. The zero-order chi connectivity index (χ0) is 11.1. The lowest BCUT2D eigenvalue weighted by Crippen LogP contribution is -2.02. The summed E-state index contributed by atoms with van der Waals surface area (Å²) in [4.78, 5) is 8.40. The van der Waals surface area contributed by atoms with Crippen LogP contribution in [-0.4, -0.2) is 16.6 Å². The highest BCUT2D eigenvalue weighted by Crippen LogP contribution is 2.14. The number of hydrogen-bond acceptors (Lipinski definition) is 3. The van der Waals surface area contributed by atoms with Crippen molar-refractivity contribution in [2.75, 3.05) is 6.61 Å². The molecule has 0 saturated heterocycles. The van der Waals surface area contributed by atoms with E-state index in [1.807, 2.05) is 0 Å². The molecule has 0 saturated carbocycles. The highest BCUT2D eigenvalue weighted by atomic mass is 35.5. The van der Waals surface area contributed by atoms with Crippen LogP contribution in [0.15, 0.2) is 6.07 Å². The summed E-state index contributed by atoms with van der Waals surface area (Å²) in [5.41, 5.74) is 0. The van der Waals surface area contributed by atoms with Gasteiger partial charge in [0.15, 0.2) is 0 Å². The van der Waals surface area contributed by atoms with Gasteiger partial charge in [0.05, 0.1) is 6.61 Å². The van der Waals surface area contributed by atoms with Crippen molar-refractivity contribution in [1.82, 2.24) is 9.97 Å². The van der Waals surface area contributed by atoms with Gasteiger partial charge in [0, 0.05) is 12.5 Å². The van der Waals surface area contributed by atoms with Crippen LogP contribution < -0.4 is 4.74 Å². The van der Waals surface area contributed by atoms with E-state index in [0.29, 0.717) is 17.6 Å². The molecule has 0 aromatic carbocycles. The van der Waals surface area contributed by atoms with E-state index < -0.39 is 0 Å². The summed E-state index contributed by atoms with van der Waals surface area (Å²) >= 11 is 5.87. The van der Waals surface area contributed by atoms with Crippen LogP contribution >= 0.6 is 11.6 Å². The molecule has 0 spiro atoms. The Morgan fingerprint density at radius 2 is 2.07 bits per heavy atom.